The van der Waals surface area contributed by atoms with Crippen LogP contribution >= 0.6 is 0 Å². The first-order chi connectivity index (χ1) is 14.5. The highest BCUT2D eigenvalue weighted by Crippen LogP contribution is 2.30. The molecule has 0 aliphatic carbocycles. The lowest BCUT2D eigenvalue weighted by Gasteiger charge is -2.15. The fourth-order valence-electron chi connectivity index (χ4n) is 3.93. The number of hydrogen-bond donors (Lipinski definition) is 0. The second-order valence-corrected chi connectivity index (χ2v) is 9.19. The molecule has 0 N–H and O–H groups in total. The van der Waals surface area contributed by atoms with E-state index < -0.39 is 0 Å². The SMILES string of the molecule is CC(C)(C)c1cc(-c2ccccc2)n(-c2ccc(OCCCN3CCCC3)cc2)n1. The van der Waals surface area contributed by atoms with Gasteiger partial charge in [-0.15, -0.1) is 0 Å². The van der Waals surface area contributed by atoms with Crippen molar-refractivity contribution >= 4 is 0 Å². The van der Waals surface area contributed by atoms with E-state index in [2.05, 4.69) is 80.3 Å². The lowest BCUT2D eigenvalue weighted by Crippen LogP contribution is -2.21. The number of ether oxygens (including phenoxy) is 1. The average Bonchev–Trinajstić information content (AvgIpc) is 3.42. The number of benzene rings is 2. The van der Waals surface area contributed by atoms with Gasteiger partial charge in [0.1, 0.15) is 5.75 Å². The summed E-state index contributed by atoms with van der Waals surface area (Å²) in [6, 6.07) is 21.0. The van der Waals surface area contributed by atoms with Gasteiger partial charge in [-0.1, -0.05) is 51.1 Å². The molecule has 1 aromatic heterocycles. The molecule has 0 unspecified atom stereocenters. The summed E-state index contributed by atoms with van der Waals surface area (Å²) in [6.45, 7) is 11.0. The van der Waals surface area contributed by atoms with Gasteiger partial charge in [0.05, 0.1) is 23.7 Å². The fourth-order valence-corrected chi connectivity index (χ4v) is 3.93. The van der Waals surface area contributed by atoms with E-state index >= 15 is 0 Å². The quantitative estimate of drug-likeness (QED) is 0.474. The van der Waals surface area contributed by atoms with E-state index in [4.69, 9.17) is 9.84 Å². The van der Waals surface area contributed by atoms with Crippen LogP contribution in [0.3, 0.4) is 0 Å². The third-order valence-electron chi connectivity index (χ3n) is 5.71. The Kier molecular flexibility index (Phi) is 6.24. The predicted molar refractivity (Wildman–Crippen MR) is 123 cm³/mol. The first-order valence-corrected chi connectivity index (χ1v) is 11.1. The van der Waals surface area contributed by atoms with E-state index in [1.165, 1.54) is 31.5 Å². The molecule has 4 rings (SSSR count). The summed E-state index contributed by atoms with van der Waals surface area (Å²) in [5.74, 6) is 0.921. The molecule has 0 bridgehead atoms. The third kappa shape index (κ3) is 4.93. The summed E-state index contributed by atoms with van der Waals surface area (Å²) in [5, 5.41) is 4.95. The normalized spacial score (nSPS) is 14.9. The molecule has 1 aliphatic rings. The van der Waals surface area contributed by atoms with Crippen LogP contribution in [0.1, 0.15) is 45.7 Å². The van der Waals surface area contributed by atoms with Gasteiger partial charge in [0.25, 0.3) is 0 Å². The van der Waals surface area contributed by atoms with Crippen LogP contribution in [0.4, 0.5) is 0 Å². The van der Waals surface area contributed by atoms with Crippen molar-refractivity contribution in [3.8, 4) is 22.7 Å². The molecule has 1 fully saturated rings. The zero-order valence-electron chi connectivity index (χ0n) is 18.5. The van der Waals surface area contributed by atoms with Gasteiger partial charge in [-0.3, -0.25) is 0 Å². The minimum Gasteiger partial charge on any atom is -0.494 e. The Morgan fingerprint density at radius 2 is 1.63 bits per heavy atom. The monoisotopic (exact) mass is 403 g/mol. The maximum Gasteiger partial charge on any atom is 0.119 e. The highest BCUT2D eigenvalue weighted by molar-refractivity contribution is 5.63. The molecule has 0 amide bonds. The van der Waals surface area contributed by atoms with E-state index in [0.29, 0.717) is 0 Å². The molecule has 30 heavy (non-hydrogen) atoms. The topological polar surface area (TPSA) is 30.3 Å². The van der Waals surface area contributed by atoms with Gasteiger partial charge >= 0.3 is 0 Å². The van der Waals surface area contributed by atoms with Crippen LogP contribution in [0.5, 0.6) is 5.75 Å². The molecule has 1 aliphatic heterocycles. The van der Waals surface area contributed by atoms with Crippen molar-refractivity contribution in [2.75, 3.05) is 26.2 Å². The third-order valence-corrected chi connectivity index (χ3v) is 5.71. The molecule has 4 nitrogen and oxygen atoms in total. The molecule has 158 valence electrons. The van der Waals surface area contributed by atoms with Crippen molar-refractivity contribution < 1.29 is 4.74 Å². The molecule has 3 aromatic rings. The van der Waals surface area contributed by atoms with E-state index in [0.717, 1.165) is 42.4 Å². The highest BCUT2D eigenvalue weighted by Gasteiger charge is 2.21. The van der Waals surface area contributed by atoms with Gasteiger partial charge in [-0.2, -0.15) is 5.10 Å². The molecular weight excluding hydrogens is 370 g/mol. The summed E-state index contributed by atoms with van der Waals surface area (Å²) < 4.78 is 8.02. The van der Waals surface area contributed by atoms with Crippen molar-refractivity contribution in [3.63, 3.8) is 0 Å². The standard InChI is InChI=1S/C26H33N3O/c1-26(2,3)25-20-24(21-10-5-4-6-11-21)29(27-25)22-12-14-23(15-13-22)30-19-9-18-28-16-7-8-17-28/h4-6,10-15,20H,7-9,16-19H2,1-3H3. The lowest BCUT2D eigenvalue weighted by atomic mass is 9.92. The van der Waals surface area contributed by atoms with E-state index in [1.807, 2.05) is 10.7 Å². The molecule has 0 saturated carbocycles. The van der Waals surface area contributed by atoms with Crippen molar-refractivity contribution in [3.05, 3.63) is 66.4 Å². The van der Waals surface area contributed by atoms with Crippen LogP contribution in [0.2, 0.25) is 0 Å². The first kappa shape index (κ1) is 20.7. The minimum absolute atomic E-state index is 0.00677. The number of hydrogen-bond acceptors (Lipinski definition) is 3. The number of aromatic nitrogens is 2. The zero-order valence-corrected chi connectivity index (χ0v) is 18.5. The number of rotatable bonds is 7. The van der Waals surface area contributed by atoms with Crippen LogP contribution in [0, 0.1) is 0 Å². The van der Waals surface area contributed by atoms with Gasteiger partial charge in [0, 0.05) is 17.5 Å². The van der Waals surface area contributed by atoms with E-state index in [1.54, 1.807) is 0 Å². The molecule has 1 saturated heterocycles. The van der Waals surface area contributed by atoms with Crippen LogP contribution in [-0.2, 0) is 5.41 Å². The average molecular weight is 404 g/mol. The summed E-state index contributed by atoms with van der Waals surface area (Å²) in [4.78, 5) is 2.53. The van der Waals surface area contributed by atoms with Gasteiger partial charge < -0.3 is 9.64 Å². The van der Waals surface area contributed by atoms with Gasteiger partial charge in [-0.05, 0) is 62.7 Å². The van der Waals surface area contributed by atoms with Gasteiger partial charge in [-0.25, -0.2) is 4.68 Å². The maximum absolute atomic E-state index is 5.97. The molecule has 0 atom stereocenters. The Hall–Kier alpha value is -2.59. The maximum atomic E-state index is 5.97. The smallest absolute Gasteiger partial charge is 0.119 e. The Labute approximate surface area is 180 Å². The summed E-state index contributed by atoms with van der Waals surface area (Å²) >= 11 is 0. The number of nitrogens with zero attached hydrogens (tertiary/aromatic N) is 3. The molecule has 2 heterocycles. The predicted octanol–water partition coefficient (Wildman–Crippen LogP) is 5.70. The van der Waals surface area contributed by atoms with Crippen LogP contribution < -0.4 is 4.74 Å². The highest BCUT2D eigenvalue weighted by atomic mass is 16.5. The Bertz CT molecular complexity index is 933. The van der Waals surface area contributed by atoms with Crippen LogP contribution in [0.25, 0.3) is 16.9 Å². The van der Waals surface area contributed by atoms with Crippen molar-refractivity contribution in [2.45, 2.75) is 45.4 Å². The largest absolute Gasteiger partial charge is 0.494 e. The second kappa shape index (κ2) is 9.05. The Morgan fingerprint density at radius 3 is 2.30 bits per heavy atom. The van der Waals surface area contributed by atoms with E-state index in [-0.39, 0.29) is 5.41 Å². The summed E-state index contributed by atoms with van der Waals surface area (Å²) in [7, 11) is 0. The molecule has 0 spiro atoms. The molecule has 0 radical (unpaired) electrons. The van der Waals surface area contributed by atoms with Crippen molar-refractivity contribution in [2.24, 2.45) is 0 Å². The minimum atomic E-state index is -0.00677. The number of likely N-dealkylation sites (tertiary alicyclic amines) is 1. The summed E-state index contributed by atoms with van der Waals surface area (Å²) in [5.41, 5.74) is 4.41. The zero-order chi connectivity index (χ0) is 21.0. The second-order valence-electron chi connectivity index (χ2n) is 9.19. The first-order valence-electron chi connectivity index (χ1n) is 11.1. The lowest BCUT2D eigenvalue weighted by molar-refractivity contribution is 0.263. The molecule has 4 heteroatoms. The van der Waals surface area contributed by atoms with Crippen LogP contribution in [0.15, 0.2) is 60.7 Å². The summed E-state index contributed by atoms with van der Waals surface area (Å²) in [6.07, 6.45) is 3.77. The Morgan fingerprint density at radius 1 is 0.933 bits per heavy atom. The fraction of sp³-hybridized carbons (Fsp3) is 0.423. The molecular formula is C26H33N3O. The van der Waals surface area contributed by atoms with E-state index in [9.17, 15) is 0 Å². The Balaban J connectivity index is 1.48. The van der Waals surface area contributed by atoms with Crippen molar-refractivity contribution in [1.29, 1.82) is 0 Å². The van der Waals surface area contributed by atoms with Gasteiger partial charge in [0.15, 0.2) is 0 Å². The van der Waals surface area contributed by atoms with Crippen LogP contribution in [-0.4, -0.2) is 40.9 Å². The van der Waals surface area contributed by atoms with Gasteiger partial charge in [0.2, 0.25) is 0 Å². The molecule has 2 aromatic carbocycles. The van der Waals surface area contributed by atoms with Crippen molar-refractivity contribution in [1.82, 2.24) is 14.7 Å².